The van der Waals surface area contributed by atoms with E-state index in [1.165, 1.54) is 13.2 Å². The highest BCUT2D eigenvalue weighted by molar-refractivity contribution is 6.05. The lowest BCUT2D eigenvalue weighted by molar-refractivity contribution is 0.0954. The van der Waals surface area contributed by atoms with Crippen LogP contribution in [0.25, 0.3) is 11.1 Å². The molecule has 41 heavy (non-hydrogen) atoms. The lowest BCUT2D eigenvalue weighted by Crippen LogP contribution is -2.32. The number of aromatic hydroxyl groups is 1. The number of hydrogen-bond acceptors (Lipinski definition) is 7. The van der Waals surface area contributed by atoms with E-state index >= 15 is 0 Å². The largest absolute Gasteiger partial charge is 0.504 e. The number of phenolic OH excluding ortho intramolecular Hbond substituents is 1. The summed E-state index contributed by atoms with van der Waals surface area (Å²) in [6.07, 6.45) is -2.00. The summed E-state index contributed by atoms with van der Waals surface area (Å²) in [6.45, 7) is 1.29. The first-order valence-electron chi connectivity index (χ1n) is 12.8. The summed E-state index contributed by atoms with van der Waals surface area (Å²) in [5.41, 5.74) is 3.45. The normalized spacial score (nSPS) is 10.4. The van der Waals surface area contributed by atoms with Gasteiger partial charge in [-0.05, 0) is 41.5 Å². The number of anilines is 2. The molecule has 4 aromatic carbocycles. The maximum absolute atomic E-state index is 12.8. The zero-order valence-corrected chi connectivity index (χ0v) is 22.3. The van der Waals surface area contributed by atoms with E-state index in [2.05, 4.69) is 21.3 Å². The quantitative estimate of drug-likeness (QED) is 0.131. The number of carbonyl (C=O) groups excluding carboxylic acids is 3. The van der Waals surface area contributed by atoms with Gasteiger partial charge in [0.2, 0.25) is 0 Å². The van der Waals surface area contributed by atoms with E-state index in [-0.39, 0.29) is 17.0 Å². The number of carbonyl (C=O) groups is 3. The molecule has 210 valence electrons. The lowest BCUT2D eigenvalue weighted by atomic mass is 10.0. The van der Waals surface area contributed by atoms with Gasteiger partial charge >= 0.3 is 12.2 Å². The molecule has 0 aliphatic carbocycles. The molecule has 0 spiro atoms. The Morgan fingerprint density at radius 3 is 2.17 bits per heavy atom. The van der Waals surface area contributed by atoms with Gasteiger partial charge in [0.15, 0.2) is 11.5 Å². The third kappa shape index (κ3) is 8.07. The van der Waals surface area contributed by atoms with Crippen LogP contribution in [0.4, 0.5) is 21.0 Å². The summed E-state index contributed by atoms with van der Waals surface area (Å²) in [5.74, 6) is 0.0404. The third-order valence-electron chi connectivity index (χ3n) is 6.00. The zero-order chi connectivity index (χ0) is 29.0. The van der Waals surface area contributed by atoms with Crippen molar-refractivity contribution in [3.8, 4) is 22.6 Å². The van der Waals surface area contributed by atoms with Crippen molar-refractivity contribution in [2.75, 3.05) is 30.8 Å². The van der Waals surface area contributed by atoms with Crippen LogP contribution in [0.15, 0.2) is 97.1 Å². The molecule has 0 heterocycles. The predicted molar refractivity (Wildman–Crippen MR) is 156 cm³/mol. The maximum Gasteiger partial charge on any atom is 0.420 e. The second-order valence-electron chi connectivity index (χ2n) is 8.82. The Hall–Kier alpha value is -5.35. The number of benzene rings is 4. The molecule has 0 aromatic heterocycles. The first-order chi connectivity index (χ1) is 19.9. The van der Waals surface area contributed by atoms with Gasteiger partial charge in [-0.2, -0.15) is 0 Å². The fourth-order valence-corrected chi connectivity index (χ4v) is 4.03. The Labute approximate surface area is 237 Å². The molecule has 0 saturated heterocycles. The van der Waals surface area contributed by atoms with E-state index in [4.69, 9.17) is 9.47 Å². The molecular weight excluding hydrogens is 524 g/mol. The summed E-state index contributed by atoms with van der Waals surface area (Å²) in [4.78, 5) is 37.7. The summed E-state index contributed by atoms with van der Waals surface area (Å²) in [6, 6.07) is 28.1. The minimum atomic E-state index is -1.04. The van der Waals surface area contributed by atoms with E-state index in [1.54, 1.807) is 48.5 Å². The third-order valence-corrected chi connectivity index (χ3v) is 6.00. The number of rotatable bonds is 10. The summed E-state index contributed by atoms with van der Waals surface area (Å²) in [7, 11) is 1.48. The minimum absolute atomic E-state index is 0.0636. The first kappa shape index (κ1) is 28.7. The van der Waals surface area contributed by atoms with Crippen molar-refractivity contribution in [2.45, 2.75) is 6.54 Å². The Morgan fingerprint density at radius 2 is 1.41 bits per heavy atom. The van der Waals surface area contributed by atoms with Crippen molar-refractivity contribution in [3.63, 3.8) is 0 Å². The van der Waals surface area contributed by atoms with E-state index in [9.17, 15) is 19.5 Å². The molecule has 0 fully saturated rings. The number of phenols is 1. The fourth-order valence-electron chi connectivity index (χ4n) is 4.03. The van der Waals surface area contributed by atoms with E-state index < -0.39 is 18.1 Å². The highest BCUT2D eigenvalue weighted by Crippen LogP contribution is 2.28. The lowest BCUT2D eigenvalue weighted by Gasteiger charge is -2.13. The average Bonchev–Trinajstić information content (AvgIpc) is 2.98. The van der Waals surface area contributed by atoms with Crippen molar-refractivity contribution in [3.05, 3.63) is 108 Å². The van der Waals surface area contributed by atoms with Crippen LogP contribution >= 0.6 is 0 Å². The van der Waals surface area contributed by atoms with Crippen molar-refractivity contribution in [1.82, 2.24) is 10.6 Å². The van der Waals surface area contributed by atoms with Gasteiger partial charge in [0.1, 0.15) is 0 Å². The molecule has 3 amide bonds. The topological polar surface area (TPSA) is 138 Å². The number of hydrogen-bond donors (Lipinski definition) is 5. The van der Waals surface area contributed by atoms with Crippen LogP contribution < -0.4 is 26.0 Å². The summed E-state index contributed by atoms with van der Waals surface area (Å²) in [5, 5.41) is 20.7. The molecule has 0 atom stereocenters. The van der Waals surface area contributed by atoms with Gasteiger partial charge in [0.05, 0.1) is 24.0 Å². The van der Waals surface area contributed by atoms with Crippen molar-refractivity contribution in [1.29, 1.82) is 0 Å². The molecule has 0 radical (unpaired) electrons. The van der Waals surface area contributed by atoms with Gasteiger partial charge in [-0.1, -0.05) is 66.7 Å². The second-order valence-corrected chi connectivity index (χ2v) is 8.82. The SMILES string of the molecule is COc1cc(CNCCNC(=O)c2ccccc2NC(=O)OC(=O)Nc2ccccc2-c2ccccc2)ccc1O. The summed E-state index contributed by atoms with van der Waals surface area (Å²) < 4.78 is 10.0. The Balaban J connectivity index is 1.27. The highest BCUT2D eigenvalue weighted by Gasteiger charge is 2.17. The van der Waals surface area contributed by atoms with Gasteiger partial charge in [0.25, 0.3) is 5.91 Å². The maximum atomic E-state index is 12.8. The van der Waals surface area contributed by atoms with Crippen LogP contribution in [-0.4, -0.2) is 43.4 Å². The highest BCUT2D eigenvalue weighted by atomic mass is 16.6. The molecule has 10 heteroatoms. The number of amides is 3. The molecule has 0 bridgehead atoms. The predicted octanol–water partition coefficient (Wildman–Crippen LogP) is 5.37. The van der Waals surface area contributed by atoms with Crippen LogP contribution in [0, 0.1) is 0 Å². The van der Waals surface area contributed by atoms with Crippen LogP contribution in [0.3, 0.4) is 0 Å². The zero-order valence-electron chi connectivity index (χ0n) is 22.3. The smallest absolute Gasteiger partial charge is 0.420 e. The number of methoxy groups -OCH3 is 1. The molecule has 0 aliphatic heterocycles. The van der Waals surface area contributed by atoms with Crippen molar-refractivity contribution in [2.24, 2.45) is 0 Å². The molecule has 4 rings (SSSR count). The van der Waals surface area contributed by atoms with Crippen LogP contribution in [0.1, 0.15) is 15.9 Å². The van der Waals surface area contributed by atoms with Gasteiger partial charge in [-0.3, -0.25) is 15.4 Å². The van der Waals surface area contributed by atoms with Crippen LogP contribution in [0.2, 0.25) is 0 Å². The van der Waals surface area contributed by atoms with Crippen molar-refractivity contribution < 1.29 is 29.0 Å². The first-order valence-corrected chi connectivity index (χ1v) is 12.8. The number of para-hydroxylation sites is 2. The number of ether oxygens (including phenoxy) is 2. The van der Waals surface area contributed by atoms with Crippen LogP contribution in [-0.2, 0) is 11.3 Å². The Kier molecular flexibility index (Phi) is 9.89. The minimum Gasteiger partial charge on any atom is -0.504 e. The molecule has 0 saturated carbocycles. The second kappa shape index (κ2) is 14.2. The van der Waals surface area contributed by atoms with Gasteiger partial charge in [-0.15, -0.1) is 0 Å². The Morgan fingerprint density at radius 1 is 0.756 bits per heavy atom. The standard InChI is InChI=1S/C31H30N4O6/c1-40-28-19-21(15-16-27(28)36)20-32-17-18-33-29(37)24-12-6-8-14-26(24)35-31(39)41-30(38)34-25-13-7-5-11-23(25)22-9-3-2-4-10-22/h2-16,19,32,36H,17-18,20H2,1H3,(H,33,37)(H,34,38)(H,35,39). The van der Waals surface area contributed by atoms with Gasteiger partial charge < -0.3 is 25.2 Å². The Bertz CT molecular complexity index is 1510. The molecule has 0 unspecified atom stereocenters. The molecular formula is C31H30N4O6. The van der Waals surface area contributed by atoms with E-state index in [0.717, 1.165) is 16.7 Å². The summed E-state index contributed by atoms with van der Waals surface area (Å²) >= 11 is 0. The molecule has 5 N–H and O–H groups in total. The van der Waals surface area contributed by atoms with Gasteiger partial charge in [0, 0.05) is 25.2 Å². The van der Waals surface area contributed by atoms with Crippen LogP contribution in [0.5, 0.6) is 11.5 Å². The monoisotopic (exact) mass is 554 g/mol. The average molecular weight is 555 g/mol. The fraction of sp³-hybridized carbons (Fsp3) is 0.129. The van der Waals surface area contributed by atoms with E-state index in [1.807, 2.05) is 42.5 Å². The number of nitrogens with one attached hydrogen (secondary N) is 4. The molecule has 4 aromatic rings. The van der Waals surface area contributed by atoms with Crippen molar-refractivity contribution >= 4 is 29.5 Å². The molecule has 10 nitrogen and oxygen atoms in total. The molecule has 0 aliphatic rings. The van der Waals surface area contributed by atoms with Gasteiger partial charge in [-0.25, -0.2) is 9.59 Å². The van der Waals surface area contributed by atoms with E-state index in [0.29, 0.717) is 31.1 Å².